The fourth-order valence-electron chi connectivity index (χ4n) is 1.81. The smallest absolute Gasteiger partial charge is 0.263 e. The van der Waals surface area contributed by atoms with Crippen LogP contribution in [0.3, 0.4) is 0 Å². The van der Waals surface area contributed by atoms with Crippen LogP contribution in [0.25, 0.3) is 0 Å². The van der Waals surface area contributed by atoms with E-state index in [4.69, 9.17) is 5.73 Å². The first-order valence-electron chi connectivity index (χ1n) is 6.24. The largest absolute Gasteiger partial charge is 0.326 e. The van der Waals surface area contributed by atoms with Crippen LogP contribution in [-0.4, -0.2) is 13.4 Å². The molecule has 0 saturated heterocycles. The summed E-state index contributed by atoms with van der Waals surface area (Å²) in [6.07, 6.45) is 0.784. The van der Waals surface area contributed by atoms with Gasteiger partial charge in [0.15, 0.2) is 5.13 Å². The van der Waals surface area contributed by atoms with Crippen LogP contribution in [0.2, 0.25) is 0 Å². The van der Waals surface area contributed by atoms with Crippen LogP contribution in [0.1, 0.15) is 23.1 Å². The lowest BCUT2D eigenvalue weighted by molar-refractivity contribution is 0.601. The van der Waals surface area contributed by atoms with Crippen molar-refractivity contribution in [3.8, 4) is 0 Å². The summed E-state index contributed by atoms with van der Waals surface area (Å²) in [5, 5.41) is 0.400. The maximum absolute atomic E-state index is 12.3. The van der Waals surface area contributed by atoms with Crippen LogP contribution in [0, 0.1) is 6.92 Å². The number of sulfonamides is 1. The van der Waals surface area contributed by atoms with Crippen molar-refractivity contribution in [2.45, 2.75) is 31.7 Å². The summed E-state index contributed by atoms with van der Waals surface area (Å²) in [5.74, 6) is 0. The van der Waals surface area contributed by atoms with E-state index >= 15 is 0 Å². The van der Waals surface area contributed by atoms with Crippen LogP contribution < -0.4 is 10.5 Å². The highest BCUT2D eigenvalue weighted by Gasteiger charge is 2.17. The number of anilines is 1. The quantitative estimate of drug-likeness (QED) is 0.887. The first kappa shape index (κ1) is 15.0. The molecule has 7 heteroatoms. The van der Waals surface area contributed by atoms with Gasteiger partial charge in [-0.1, -0.05) is 19.1 Å². The molecule has 0 atom stereocenters. The van der Waals surface area contributed by atoms with Gasteiger partial charge in [-0.3, -0.25) is 4.72 Å². The second-order valence-electron chi connectivity index (χ2n) is 4.33. The average molecular weight is 311 g/mol. The number of nitrogens with one attached hydrogen (secondary N) is 1. The molecule has 0 saturated carbocycles. The van der Waals surface area contributed by atoms with Gasteiger partial charge in [-0.25, -0.2) is 13.4 Å². The molecule has 0 unspecified atom stereocenters. The van der Waals surface area contributed by atoms with E-state index in [0.29, 0.717) is 11.7 Å². The molecule has 2 rings (SSSR count). The highest BCUT2D eigenvalue weighted by Crippen LogP contribution is 2.25. The molecule has 0 aliphatic carbocycles. The lowest BCUT2D eigenvalue weighted by Gasteiger charge is -2.06. The number of nitrogens with zero attached hydrogens (tertiary/aromatic N) is 1. The Bertz CT molecular complexity index is 708. The summed E-state index contributed by atoms with van der Waals surface area (Å²) in [6, 6.07) is 6.59. The molecule has 0 radical (unpaired) electrons. The molecule has 1 aromatic carbocycles. The van der Waals surface area contributed by atoms with Gasteiger partial charge in [-0.2, -0.15) is 0 Å². The highest BCUT2D eigenvalue weighted by atomic mass is 32.2. The van der Waals surface area contributed by atoms with Gasteiger partial charge >= 0.3 is 0 Å². The van der Waals surface area contributed by atoms with Crippen molar-refractivity contribution in [1.29, 1.82) is 0 Å². The van der Waals surface area contributed by atoms with Crippen LogP contribution in [0.4, 0.5) is 5.13 Å². The summed E-state index contributed by atoms with van der Waals surface area (Å²) in [6.45, 7) is 4.23. The Labute approximate surface area is 122 Å². The highest BCUT2D eigenvalue weighted by molar-refractivity contribution is 7.93. The average Bonchev–Trinajstić information content (AvgIpc) is 2.78. The Balaban J connectivity index is 2.30. The number of benzene rings is 1. The van der Waals surface area contributed by atoms with Crippen LogP contribution in [-0.2, 0) is 23.0 Å². The predicted octanol–water partition coefficient (Wildman–Crippen LogP) is 2.27. The molecule has 1 aromatic heterocycles. The molecule has 0 amide bonds. The maximum Gasteiger partial charge on any atom is 0.263 e. The summed E-state index contributed by atoms with van der Waals surface area (Å²) < 4.78 is 27.1. The Kier molecular flexibility index (Phi) is 4.42. The molecule has 5 nitrogen and oxygen atoms in total. The zero-order chi connectivity index (χ0) is 14.8. The molecule has 20 heavy (non-hydrogen) atoms. The molecule has 0 aliphatic rings. The molecule has 0 spiro atoms. The second-order valence-corrected chi connectivity index (χ2v) is 7.22. The Morgan fingerprint density at radius 1 is 1.40 bits per heavy atom. The summed E-state index contributed by atoms with van der Waals surface area (Å²) in [7, 11) is -3.62. The van der Waals surface area contributed by atoms with Crippen molar-refractivity contribution >= 4 is 26.5 Å². The van der Waals surface area contributed by atoms with E-state index in [1.165, 1.54) is 11.3 Å². The Morgan fingerprint density at radius 3 is 2.75 bits per heavy atom. The fourth-order valence-corrected chi connectivity index (χ4v) is 4.02. The minimum Gasteiger partial charge on any atom is -0.326 e. The molecular weight excluding hydrogens is 294 g/mol. The molecule has 108 valence electrons. The van der Waals surface area contributed by atoms with Gasteiger partial charge in [0.25, 0.3) is 10.0 Å². The molecule has 0 fully saturated rings. The number of hydrogen-bond donors (Lipinski definition) is 2. The van der Waals surface area contributed by atoms with E-state index in [1.54, 1.807) is 24.3 Å². The van der Waals surface area contributed by atoms with E-state index in [-0.39, 0.29) is 4.90 Å². The number of rotatable bonds is 5. The number of aromatic nitrogens is 1. The fraction of sp³-hybridized carbons (Fsp3) is 0.308. The predicted molar refractivity (Wildman–Crippen MR) is 81.4 cm³/mol. The third kappa shape index (κ3) is 3.17. The summed E-state index contributed by atoms with van der Waals surface area (Å²) in [5.41, 5.74) is 7.23. The molecule has 0 bridgehead atoms. The van der Waals surface area contributed by atoms with Crippen LogP contribution in [0.15, 0.2) is 29.2 Å². The molecule has 2 aromatic rings. The minimum atomic E-state index is -3.62. The lowest BCUT2D eigenvalue weighted by Crippen LogP contribution is -2.13. The molecule has 3 N–H and O–H groups in total. The van der Waals surface area contributed by atoms with Crippen LogP contribution >= 0.6 is 11.3 Å². The maximum atomic E-state index is 12.3. The third-order valence-corrected chi connectivity index (χ3v) is 5.29. The van der Waals surface area contributed by atoms with Crippen molar-refractivity contribution in [2.24, 2.45) is 5.73 Å². The molecule has 0 aliphatic heterocycles. The van der Waals surface area contributed by atoms with Crippen molar-refractivity contribution in [1.82, 2.24) is 4.98 Å². The normalized spacial score (nSPS) is 11.6. The summed E-state index contributed by atoms with van der Waals surface area (Å²) in [4.78, 5) is 5.51. The van der Waals surface area contributed by atoms with Crippen LogP contribution in [0.5, 0.6) is 0 Å². The third-order valence-electron chi connectivity index (χ3n) is 2.89. The monoisotopic (exact) mass is 311 g/mol. The molecule has 1 heterocycles. The van der Waals surface area contributed by atoms with Gasteiger partial charge < -0.3 is 5.73 Å². The van der Waals surface area contributed by atoms with E-state index < -0.39 is 10.0 Å². The van der Waals surface area contributed by atoms with Gasteiger partial charge in [-0.15, -0.1) is 11.3 Å². The van der Waals surface area contributed by atoms with E-state index in [1.807, 2.05) is 13.8 Å². The van der Waals surface area contributed by atoms with Gasteiger partial charge in [0.2, 0.25) is 0 Å². The SMILES string of the molecule is CCc1nc(NS(=O)(=O)c2cccc(CN)c2)sc1C. The van der Waals surface area contributed by atoms with Gasteiger partial charge in [-0.05, 0) is 31.0 Å². The second kappa shape index (κ2) is 5.90. The minimum absolute atomic E-state index is 0.200. The van der Waals surface area contributed by atoms with E-state index in [9.17, 15) is 8.42 Å². The zero-order valence-electron chi connectivity index (χ0n) is 11.4. The standard InChI is InChI=1S/C13H17N3O2S2/c1-3-12-9(2)19-13(15-12)16-20(17,18)11-6-4-5-10(7-11)8-14/h4-7H,3,8,14H2,1-2H3,(H,15,16). The van der Waals surface area contributed by atoms with Gasteiger partial charge in [0, 0.05) is 11.4 Å². The number of hydrogen-bond acceptors (Lipinski definition) is 5. The summed E-state index contributed by atoms with van der Waals surface area (Å²) >= 11 is 1.34. The molecular formula is C13H17N3O2S2. The first-order chi connectivity index (χ1) is 9.46. The van der Waals surface area contributed by atoms with Gasteiger partial charge in [0.05, 0.1) is 10.6 Å². The zero-order valence-corrected chi connectivity index (χ0v) is 13.0. The first-order valence-corrected chi connectivity index (χ1v) is 8.54. The number of thiazole rings is 1. The van der Waals surface area contributed by atoms with E-state index in [2.05, 4.69) is 9.71 Å². The number of nitrogens with two attached hydrogens (primary N) is 1. The Hall–Kier alpha value is -1.44. The van der Waals surface area contributed by atoms with Crippen molar-refractivity contribution in [3.05, 3.63) is 40.4 Å². The van der Waals surface area contributed by atoms with Crippen molar-refractivity contribution < 1.29 is 8.42 Å². The topological polar surface area (TPSA) is 85.1 Å². The van der Waals surface area contributed by atoms with Crippen molar-refractivity contribution in [2.75, 3.05) is 4.72 Å². The van der Waals surface area contributed by atoms with E-state index in [0.717, 1.165) is 22.6 Å². The van der Waals surface area contributed by atoms with Gasteiger partial charge in [0.1, 0.15) is 0 Å². The number of aryl methyl sites for hydroxylation is 2. The van der Waals surface area contributed by atoms with Crippen molar-refractivity contribution in [3.63, 3.8) is 0 Å². The Morgan fingerprint density at radius 2 is 2.15 bits per heavy atom. The lowest BCUT2D eigenvalue weighted by atomic mass is 10.2.